The first-order valence-electron chi connectivity index (χ1n) is 15.3. The third-order valence-electron chi connectivity index (χ3n) is 9.06. The first kappa shape index (κ1) is 30.3. The van der Waals surface area contributed by atoms with E-state index in [0.717, 1.165) is 14.6 Å². The first-order chi connectivity index (χ1) is 21.6. The molecule has 0 aliphatic rings. The highest BCUT2D eigenvalue weighted by Gasteiger charge is 2.30. The summed E-state index contributed by atoms with van der Waals surface area (Å²) >= 11 is 9.28. The quantitative estimate of drug-likeness (QED) is 0.155. The van der Waals surface area contributed by atoms with Crippen LogP contribution >= 0.6 is 43.2 Å². The fraction of sp³-hybridized carbons (Fsp3) is 0.150. The SMILES string of the molecule is Cc1cc(C)c(B(c2ccc(-c3ccc(-n4c5ccc(Br)cc5c5cc(Br)ccc54)cc3)s2)c2c(C)cc(C)cc2C)c(C)c1. The molecule has 0 fully saturated rings. The zero-order valence-corrected chi connectivity index (χ0v) is 30.4. The van der Waals surface area contributed by atoms with Gasteiger partial charge in [0.05, 0.1) is 11.0 Å². The highest BCUT2D eigenvalue weighted by Crippen LogP contribution is 2.36. The van der Waals surface area contributed by atoms with E-state index in [9.17, 15) is 0 Å². The molecule has 2 heterocycles. The van der Waals surface area contributed by atoms with Gasteiger partial charge in [0.2, 0.25) is 0 Å². The molecule has 7 aromatic rings. The molecule has 0 amide bonds. The average molecular weight is 731 g/mol. The van der Waals surface area contributed by atoms with Crippen molar-refractivity contribution in [1.29, 1.82) is 0 Å². The molecule has 0 saturated carbocycles. The van der Waals surface area contributed by atoms with Gasteiger partial charge in [-0.1, -0.05) is 119 Å². The van der Waals surface area contributed by atoms with Crippen molar-refractivity contribution < 1.29 is 0 Å². The molecule has 222 valence electrons. The zero-order valence-electron chi connectivity index (χ0n) is 26.4. The number of fused-ring (bicyclic) bond motifs is 3. The van der Waals surface area contributed by atoms with Gasteiger partial charge in [0.25, 0.3) is 6.71 Å². The summed E-state index contributed by atoms with van der Waals surface area (Å²) < 4.78 is 5.93. The van der Waals surface area contributed by atoms with Gasteiger partial charge in [0.1, 0.15) is 0 Å². The number of aromatic nitrogens is 1. The standard InChI is InChI=1S/C40H34BBr2NS/c1-23-17-25(3)39(26(4)18-23)41(40-27(5)19-24(2)20-28(40)6)38-16-15-37(45-38)29-7-11-32(12-8-29)44-35-13-9-30(42)21-33(35)34-22-31(43)10-14-36(34)44/h7-22H,1-6H3. The number of halogens is 2. The monoisotopic (exact) mass is 729 g/mol. The van der Waals surface area contributed by atoms with Crippen LogP contribution in [-0.2, 0) is 0 Å². The van der Waals surface area contributed by atoms with E-state index in [-0.39, 0.29) is 6.71 Å². The first-order valence-corrected chi connectivity index (χ1v) is 17.7. The lowest BCUT2D eigenvalue weighted by molar-refractivity contribution is 1.18. The molecular formula is C40H34BBr2NS. The molecule has 0 spiro atoms. The Morgan fingerprint density at radius 3 is 1.47 bits per heavy atom. The van der Waals surface area contributed by atoms with Gasteiger partial charge in [0, 0.05) is 30.3 Å². The Balaban J connectivity index is 1.33. The molecule has 0 radical (unpaired) electrons. The van der Waals surface area contributed by atoms with Crippen molar-refractivity contribution >= 4 is 87.4 Å². The molecule has 2 aromatic heterocycles. The van der Waals surface area contributed by atoms with Crippen molar-refractivity contribution in [2.75, 3.05) is 0 Å². The zero-order chi connectivity index (χ0) is 31.6. The molecule has 1 nitrogen and oxygen atoms in total. The highest BCUT2D eigenvalue weighted by molar-refractivity contribution is 9.10. The van der Waals surface area contributed by atoms with E-state index in [1.54, 1.807) is 0 Å². The second-order valence-electron chi connectivity index (χ2n) is 12.5. The lowest BCUT2D eigenvalue weighted by Crippen LogP contribution is -2.54. The van der Waals surface area contributed by atoms with Gasteiger partial charge in [-0.3, -0.25) is 0 Å². The van der Waals surface area contributed by atoms with Crippen LogP contribution in [0.4, 0.5) is 0 Å². The smallest absolute Gasteiger partial charge is 0.255 e. The number of rotatable bonds is 5. The molecule has 0 unspecified atom stereocenters. The summed E-state index contributed by atoms with van der Waals surface area (Å²) in [5.74, 6) is 0. The molecule has 0 aliphatic carbocycles. The Labute approximate surface area is 287 Å². The Hall–Kier alpha value is -3.38. The molecule has 0 saturated heterocycles. The van der Waals surface area contributed by atoms with Crippen LogP contribution in [-0.4, -0.2) is 11.3 Å². The Kier molecular flexibility index (Phi) is 7.92. The van der Waals surface area contributed by atoms with E-state index in [1.165, 1.54) is 81.3 Å². The molecule has 7 rings (SSSR count). The van der Waals surface area contributed by atoms with Crippen molar-refractivity contribution in [3.8, 4) is 16.1 Å². The van der Waals surface area contributed by atoms with Crippen LogP contribution in [0.1, 0.15) is 33.4 Å². The predicted molar refractivity (Wildman–Crippen MR) is 205 cm³/mol. The van der Waals surface area contributed by atoms with Crippen LogP contribution in [0.15, 0.2) is 106 Å². The van der Waals surface area contributed by atoms with Crippen LogP contribution in [0.5, 0.6) is 0 Å². The highest BCUT2D eigenvalue weighted by atomic mass is 79.9. The van der Waals surface area contributed by atoms with Gasteiger partial charge >= 0.3 is 0 Å². The number of thiophene rings is 1. The third kappa shape index (κ3) is 5.43. The van der Waals surface area contributed by atoms with Crippen molar-refractivity contribution in [3.05, 3.63) is 139 Å². The van der Waals surface area contributed by atoms with Gasteiger partial charge in [0.15, 0.2) is 0 Å². The largest absolute Gasteiger partial charge is 0.309 e. The third-order valence-corrected chi connectivity index (χ3v) is 11.2. The summed E-state index contributed by atoms with van der Waals surface area (Å²) in [5, 5.41) is 2.48. The van der Waals surface area contributed by atoms with E-state index in [4.69, 9.17) is 0 Å². The summed E-state index contributed by atoms with van der Waals surface area (Å²) in [5.41, 5.74) is 15.8. The maximum absolute atomic E-state index is 3.68. The Morgan fingerprint density at radius 1 is 0.533 bits per heavy atom. The van der Waals surface area contributed by atoms with E-state index < -0.39 is 0 Å². The summed E-state index contributed by atoms with van der Waals surface area (Å²) in [6.45, 7) is 13.7. The minimum absolute atomic E-state index is 0.195. The second-order valence-corrected chi connectivity index (χ2v) is 15.4. The second kappa shape index (κ2) is 11.8. The molecule has 5 aromatic carbocycles. The number of hydrogen-bond acceptors (Lipinski definition) is 1. The van der Waals surface area contributed by atoms with Crippen molar-refractivity contribution in [3.63, 3.8) is 0 Å². The molecule has 45 heavy (non-hydrogen) atoms. The summed E-state index contributed by atoms with van der Waals surface area (Å²) in [6.07, 6.45) is 0. The Morgan fingerprint density at radius 2 is 1.00 bits per heavy atom. The molecule has 0 atom stereocenters. The minimum Gasteiger partial charge on any atom is -0.309 e. The predicted octanol–water partition coefficient (Wildman–Crippen LogP) is 10.4. The minimum atomic E-state index is 0.195. The van der Waals surface area contributed by atoms with Crippen LogP contribution in [0.3, 0.4) is 0 Å². The van der Waals surface area contributed by atoms with Gasteiger partial charge in [-0.15, -0.1) is 11.3 Å². The lowest BCUT2D eigenvalue weighted by Gasteiger charge is -2.23. The molecule has 0 aliphatic heterocycles. The molecule has 0 bridgehead atoms. The van der Waals surface area contributed by atoms with E-state index in [2.05, 4.69) is 175 Å². The fourth-order valence-electron chi connectivity index (χ4n) is 7.41. The fourth-order valence-corrected chi connectivity index (χ4v) is 9.26. The summed E-state index contributed by atoms with van der Waals surface area (Å²) in [7, 11) is 0. The summed E-state index contributed by atoms with van der Waals surface area (Å²) in [4.78, 5) is 1.29. The number of benzene rings is 5. The number of nitrogens with zero attached hydrogens (tertiary/aromatic N) is 1. The summed E-state index contributed by atoms with van der Waals surface area (Å²) in [6, 6.07) is 36.2. The topological polar surface area (TPSA) is 4.93 Å². The van der Waals surface area contributed by atoms with E-state index in [0.29, 0.717) is 0 Å². The van der Waals surface area contributed by atoms with Crippen LogP contribution in [0.2, 0.25) is 0 Å². The van der Waals surface area contributed by atoms with E-state index in [1.807, 2.05) is 11.3 Å². The van der Waals surface area contributed by atoms with Crippen LogP contribution in [0, 0.1) is 41.5 Å². The maximum Gasteiger partial charge on any atom is 0.255 e. The van der Waals surface area contributed by atoms with Gasteiger partial charge in [-0.05, 0) is 106 Å². The van der Waals surface area contributed by atoms with Crippen molar-refractivity contribution in [2.24, 2.45) is 0 Å². The number of aryl methyl sites for hydroxylation is 6. The molecule has 0 N–H and O–H groups in total. The molecular weight excluding hydrogens is 697 g/mol. The average Bonchev–Trinajstić information content (AvgIpc) is 3.58. The van der Waals surface area contributed by atoms with Gasteiger partial charge < -0.3 is 4.57 Å². The van der Waals surface area contributed by atoms with Crippen LogP contribution in [0.25, 0.3) is 37.9 Å². The van der Waals surface area contributed by atoms with E-state index >= 15 is 0 Å². The molecule has 5 heteroatoms. The Bertz CT molecular complexity index is 2090. The van der Waals surface area contributed by atoms with Gasteiger partial charge in [-0.25, -0.2) is 0 Å². The van der Waals surface area contributed by atoms with Crippen molar-refractivity contribution in [1.82, 2.24) is 4.57 Å². The number of hydrogen-bond donors (Lipinski definition) is 0. The van der Waals surface area contributed by atoms with Crippen LogP contribution < -0.4 is 15.7 Å². The van der Waals surface area contributed by atoms with Gasteiger partial charge in [-0.2, -0.15) is 0 Å². The van der Waals surface area contributed by atoms with Crippen molar-refractivity contribution in [2.45, 2.75) is 41.5 Å². The normalized spacial score (nSPS) is 11.6. The lowest BCUT2D eigenvalue weighted by atomic mass is 9.37. The maximum atomic E-state index is 3.68.